The van der Waals surface area contributed by atoms with Crippen molar-refractivity contribution < 1.29 is 23.4 Å². The Morgan fingerprint density at radius 1 is 1.31 bits per heavy atom. The predicted molar refractivity (Wildman–Crippen MR) is 57.5 cm³/mol. The molecule has 0 aromatic rings. The minimum Gasteiger partial charge on any atom is -0.481 e. The van der Waals surface area contributed by atoms with Crippen molar-refractivity contribution in [1.82, 2.24) is 4.72 Å². The Hall–Kier alpha value is -0.660. The van der Waals surface area contributed by atoms with Crippen LogP contribution >= 0.6 is 0 Å². The van der Waals surface area contributed by atoms with Gasteiger partial charge in [-0.15, -0.1) is 0 Å². The van der Waals surface area contributed by atoms with Crippen molar-refractivity contribution in [3.8, 4) is 0 Å². The molecule has 0 spiro atoms. The van der Waals surface area contributed by atoms with E-state index in [2.05, 4.69) is 4.72 Å². The lowest BCUT2D eigenvalue weighted by atomic mass is 10.0. The quantitative estimate of drug-likeness (QED) is 0.600. The molecule has 0 saturated heterocycles. The Balaban J connectivity index is 2.60. The summed E-state index contributed by atoms with van der Waals surface area (Å²) in [4.78, 5) is 10.3. The molecule has 7 heteroatoms. The van der Waals surface area contributed by atoms with Crippen molar-refractivity contribution in [3.63, 3.8) is 0 Å². The standard InChI is InChI=1S/C9H17NO5S/c11-7-9(4-1-2-5-9)10-16(14,15)6-3-8(12)13/h10-11H,1-7H2,(H,12,13). The van der Waals surface area contributed by atoms with Crippen LogP contribution < -0.4 is 4.72 Å². The zero-order chi connectivity index (χ0) is 12.2. The molecule has 6 nitrogen and oxygen atoms in total. The van der Waals surface area contributed by atoms with Crippen molar-refractivity contribution in [2.24, 2.45) is 0 Å². The fourth-order valence-corrected chi connectivity index (χ4v) is 3.42. The zero-order valence-corrected chi connectivity index (χ0v) is 9.79. The van der Waals surface area contributed by atoms with Gasteiger partial charge in [-0.05, 0) is 12.8 Å². The first kappa shape index (κ1) is 13.4. The van der Waals surface area contributed by atoms with Gasteiger partial charge >= 0.3 is 5.97 Å². The van der Waals surface area contributed by atoms with Gasteiger partial charge in [-0.25, -0.2) is 13.1 Å². The number of rotatable bonds is 6. The minimum atomic E-state index is -3.62. The molecule has 0 radical (unpaired) electrons. The van der Waals surface area contributed by atoms with E-state index < -0.39 is 33.7 Å². The molecule has 1 fully saturated rings. The van der Waals surface area contributed by atoms with Gasteiger partial charge < -0.3 is 10.2 Å². The van der Waals surface area contributed by atoms with Crippen LogP contribution in [0.3, 0.4) is 0 Å². The van der Waals surface area contributed by atoms with Gasteiger partial charge in [0.1, 0.15) is 0 Å². The molecule has 1 saturated carbocycles. The third-order valence-corrected chi connectivity index (χ3v) is 4.31. The van der Waals surface area contributed by atoms with Crippen LogP contribution in [0.1, 0.15) is 32.1 Å². The van der Waals surface area contributed by atoms with Gasteiger partial charge in [0.05, 0.1) is 24.3 Å². The monoisotopic (exact) mass is 251 g/mol. The van der Waals surface area contributed by atoms with Gasteiger partial charge in [-0.1, -0.05) is 12.8 Å². The van der Waals surface area contributed by atoms with E-state index >= 15 is 0 Å². The van der Waals surface area contributed by atoms with E-state index in [4.69, 9.17) is 5.11 Å². The summed E-state index contributed by atoms with van der Waals surface area (Å²) in [6, 6.07) is 0. The first-order valence-electron chi connectivity index (χ1n) is 5.23. The van der Waals surface area contributed by atoms with E-state index in [0.29, 0.717) is 12.8 Å². The van der Waals surface area contributed by atoms with E-state index in [1.54, 1.807) is 0 Å². The van der Waals surface area contributed by atoms with Gasteiger partial charge in [-0.2, -0.15) is 0 Å². The zero-order valence-electron chi connectivity index (χ0n) is 8.98. The third-order valence-electron chi connectivity index (χ3n) is 2.82. The molecule has 0 aromatic heterocycles. The molecule has 0 bridgehead atoms. The van der Waals surface area contributed by atoms with Gasteiger partial charge in [-0.3, -0.25) is 4.79 Å². The Morgan fingerprint density at radius 3 is 2.31 bits per heavy atom. The number of aliphatic hydroxyl groups is 1. The molecular formula is C9H17NO5S. The second-order valence-corrected chi connectivity index (χ2v) is 6.05. The van der Waals surface area contributed by atoms with Gasteiger partial charge in [0.2, 0.25) is 10.0 Å². The van der Waals surface area contributed by atoms with Crippen LogP contribution in [0.15, 0.2) is 0 Å². The fraction of sp³-hybridized carbons (Fsp3) is 0.889. The molecule has 94 valence electrons. The number of carboxylic acids is 1. The molecule has 3 N–H and O–H groups in total. The first-order valence-corrected chi connectivity index (χ1v) is 6.89. The summed E-state index contributed by atoms with van der Waals surface area (Å²) < 4.78 is 25.6. The van der Waals surface area contributed by atoms with E-state index in [9.17, 15) is 18.3 Å². The molecule has 0 aliphatic heterocycles. The number of nitrogens with one attached hydrogen (secondary N) is 1. The van der Waals surface area contributed by atoms with Crippen LogP contribution in [0.4, 0.5) is 0 Å². The molecule has 1 aliphatic rings. The number of hydrogen-bond acceptors (Lipinski definition) is 4. The van der Waals surface area contributed by atoms with Crippen molar-refractivity contribution in [2.75, 3.05) is 12.4 Å². The molecule has 0 unspecified atom stereocenters. The van der Waals surface area contributed by atoms with E-state index in [-0.39, 0.29) is 6.61 Å². The summed E-state index contributed by atoms with van der Waals surface area (Å²) in [6.07, 6.45) is 2.55. The van der Waals surface area contributed by atoms with Crippen molar-refractivity contribution in [1.29, 1.82) is 0 Å². The van der Waals surface area contributed by atoms with Crippen molar-refractivity contribution in [3.05, 3.63) is 0 Å². The Labute approximate surface area is 94.7 Å². The van der Waals surface area contributed by atoms with E-state index in [0.717, 1.165) is 12.8 Å². The SMILES string of the molecule is O=C(O)CCS(=O)(=O)NC1(CO)CCCC1. The van der Waals surface area contributed by atoms with Crippen LogP contribution in [0.5, 0.6) is 0 Å². The average molecular weight is 251 g/mol. The highest BCUT2D eigenvalue weighted by Gasteiger charge is 2.36. The molecule has 1 aliphatic carbocycles. The minimum absolute atomic E-state index is 0.237. The first-order chi connectivity index (χ1) is 7.39. The predicted octanol–water partition coefficient (Wildman–Crippen LogP) is -0.314. The highest BCUT2D eigenvalue weighted by molar-refractivity contribution is 7.89. The molecule has 0 atom stereocenters. The maximum Gasteiger partial charge on any atom is 0.304 e. The second-order valence-electron chi connectivity index (χ2n) is 4.21. The number of sulfonamides is 1. The molecule has 1 rings (SSSR count). The number of carboxylic acid groups (broad SMARTS) is 1. The van der Waals surface area contributed by atoms with Gasteiger partial charge in [0.25, 0.3) is 0 Å². The Kier molecular flexibility index (Phi) is 4.28. The summed E-state index contributed by atoms with van der Waals surface area (Å²) in [5, 5.41) is 17.6. The molecule has 0 amide bonds. The lowest BCUT2D eigenvalue weighted by Gasteiger charge is -2.27. The smallest absolute Gasteiger partial charge is 0.304 e. The maximum atomic E-state index is 11.6. The molecular weight excluding hydrogens is 234 g/mol. The normalized spacial score (nSPS) is 19.8. The van der Waals surface area contributed by atoms with Crippen LogP contribution in [0, 0.1) is 0 Å². The second kappa shape index (κ2) is 5.11. The fourth-order valence-electron chi connectivity index (χ4n) is 1.95. The number of aliphatic hydroxyl groups excluding tert-OH is 1. The van der Waals surface area contributed by atoms with E-state index in [1.807, 2.05) is 0 Å². The Morgan fingerprint density at radius 2 is 1.88 bits per heavy atom. The van der Waals surface area contributed by atoms with Crippen LogP contribution in [-0.4, -0.2) is 42.5 Å². The Bertz CT molecular complexity index is 345. The molecule has 16 heavy (non-hydrogen) atoms. The summed E-state index contributed by atoms with van der Waals surface area (Å²) >= 11 is 0. The van der Waals surface area contributed by atoms with Crippen molar-refractivity contribution >= 4 is 16.0 Å². The van der Waals surface area contributed by atoms with Crippen LogP contribution in [-0.2, 0) is 14.8 Å². The molecule has 0 heterocycles. The summed E-state index contributed by atoms with van der Waals surface area (Å²) in [6.45, 7) is -0.237. The summed E-state index contributed by atoms with van der Waals surface area (Å²) in [7, 11) is -3.62. The van der Waals surface area contributed by atoms with Crippen molar-refractivity contribution in [2.45, 2.75) is 37.6 Å². The highest BCUT2D eigenvalue weighted by Crippen LogP contribution is 2.29. The third kappa shape index (κ3) is 3.73. The number of hydrogen-bond donors (Lipinski definition) is 3. The largest absolute Gasteiger partial charge is 0.481 e. The van der Waals surface area contributed by atoms with Crippen LogP contribution in [0.25, 0.3) is 0 Å². The lowest BCUT2D eigenvalue weighted by Crippen LogP contribution is -2.49. The topological polar surface area (TPSA) is 104 Å². The highest BCUT2D eigenvalue weighted by atomic mass is 32.2. The maximum absolute atomic E-state index is 11.6. The lowest BCUT2D eigenvalue weighted by molar-refractivity contribution is -0.136. The molecule has 0 aromatic carbocycles. The number of carbonyl (C=O) groups is 1. The number of aliphatic carboxylic acids is 1. The summed E-state index contributed by atoms with van der Waals surface area (Å²) in [5.41, 5.74) is -0.767. The van der Waals surface area contributed by atoms with Gasteiger partial charge in [0, 0.05) is 0 Å². The van der Waals surface area contributed by atoms with E-state index in [1.165, 1.54) is 0 Å². The summed E-state index contributed by atoms with van der Waals surface area (Å²) in [5.74, 6) is -1.58. The van der Waals surface area contributed by atoms with Gasteiger partial charge in [0.15, 0.2) is 0 Å². The van der Waals surface area contributed by atoms with Crippen LogP contribution in [0.2, 0.25) is 0 Å². The average Bonchev–Trinajstić information content (AvgIpc) is 2.64.